The van der Waals surface area contributed by atoms with Crippen LogP contribution in [0.25, 0.3) is 0 Å². The highest BCUT2D eigenvalue weighted by Gasteiger charge is 2.14. The van der Waals surface area contributed by atoms with Crippen LogP contribution in [0.1, 0.15) is 31.9 Å². The monoisotopic (exact) mass is 265 g/mol. The summed E-state index contributed by atoms with van der Waals surface area (Å²) in [5.41, 5.74) is 2.60. The lowest BCUT2D eigenvalue weighted by molar-refractivity contribution is -0.120. The summed E-state index contributed by atoms with van der Waals surface area (Å²) < 4.78 is 0. The number of hydrogen-bond acceptors (Lipinski definition) is 2. The van der Waals surface area contributed by atoms with Crippen LogP contribution < -0.4 is 5.32 Å². The molecule has 0 aliphatic carbocycles. The summed E-state index contributed by atoms with van der Waals surface area (Å²) in [5.74, 6) is 0.141. The predicted octanol–water partition coefficient (Wildman–Crippen LogP) is 3.18. The van der Waals surface area contributed by atoms with Gasteiger partial charge in [0.2, 0.25) is 5.91 Å². The molecule has 2 nitrogen and oxygen atoms in total. The van der Waals surface area contributed by atoms with Crippen LogP contribution in [-0.2, 0) is 11.2 Å². The number of amides is 1. The number of hydrogen-bond donors (Lipinski definition) is 1. The molecule has 1 N–H and O–H groups in total. The third-order valence-electron chi connectivity index (χ3n) is 2.80. The van der Waals surface area contributed by atoms with Gasteiger partial charge in [-0.25, -0.2) is 0 Å². The van der Waals surface area contributed by atoms with Gasteiger partial charge in [-0.05, 0) is 36.6 Å². The van der Waals surface area contributed by atoms with E-state index in [4.69, 9.17) is 0 Å². The molecule has 0 radical (unpaired) electrons. The third-order valence-corrected chi connectivity index (χ3v) is 3.97. The van der Waals surface area contributed by atoms with Crippen molar-refractivity contribution in [2.24, 2.45) is 0 Å². The van der Waals surface area contributed by atoms with Gasteiger partial charge in [-0.1, -0.05) is 38.1 Å². The van der Waals surface area contributed by atoms with Crippen molar-refractivity contribution in [3.05, 3.63) is 35.4 Å². The van der Waals surface area contributed by atoms with Crippen molar-refractivity contribution < 1.29 is 4.79 Å². The SMILES string of the molecule is Cc1ccccc1CCNC(=O)[C@@H](C)SC(C)C. The topological polar surface area (TPSA) is 29.1 Å². The number of aryl methyl sites for hydroxylation is 1. The Labute approximate surface area is 115 Å². The van der Waals surface area contributed by atoms with E-state index >= 15 is 0 Å². The van der Waals surface area contributed by atoms with E-state index in [1.54, 1.807) is 11.8 Å². The first-order valence-electron chi connectivity index (χ1n) is 6.48. The van der Waals surface area contributed by atoms with Crippen molar-refractivity contribution in [3.63, 3.8) is 0 Å². The summed E-state index contributed by atoms with van der Waals surface area (Å²) in [4.78, 5) is 11.8. The second kappa shape index (κ2) is 7.47. The Morgan fingerprint density at radius 1 is 1.28 bits per heavy atom. The van der Waals surface area contributed by atoms with E-state index in [-0.39, 0.29) is 11.2 Å². The summed E-state index contributed by atoms with van der Waals surface area (Å²) >= 11 is 1.70. The average molecular weight is 265 g/mol. The predicted molar refractivity (Wildman–Crippen MR) is 80.1 cm³/mol. The smallest absolute Gasteiger partial charge is 0.232 e. The Hall–Kier alpha value is -0.960. The van der Waals surface area contributed by atoms with Crippen LogP contribution in [0.15, 0.2) is 24.3 Å². The van der Waals surface area contributed by atoms with Gasteiger partial charge in [-0.2, -0.15) is 0 Å². The van der Waals surface area contributed by atoms with E-state index in [1.165, 1.54) is 11.1 Å². The van der Waals surface area contributed by atoms with Gasteiger partial charge in [0.15, 0.2) is 0 Å². The fourth-order valence-electron chi connectivity index (χ4n) is 1.82. The zero-order chi connectivity index (χ0) is 13.5. The second-order valence-electron chi connectivity index (χ2n) is 4.79. The Morgan fingerprint density at radius 3 is 2.56 bits per heavy atom. The maximum atomic E-state index is 11.8. The highest BCUT2D eigenvalue weighted by atomic mass is 32.2. The van der Waals surface area contributed by atoms with Crippen molar-refractivity contribution >= 4 is 17.7 Å². The molecule has 100 valence electrons. The lowest BCUT2D eigenvalue weighted by Crippen LogP contribution is -2.33. The summed E-state index contributed by atoms with van der Waals surface area (Å²) in [5, 5.41) is 3.52. The highest BCUT2D eigenvalue weighted by Crippen LogP contribution is 2.16. The summed E-state index contributed by atoms with van der Waals surface area (Å²) in [6, 6.07) is 8.31. The molecule has 0 saturated carbocycles. The van der Waals surface area contributed by atoms with Crippen LogP contribution >= 0.6 is 11.8 Å². The fourth-order valence-corrected chi connectivity index (χ4v) is 2.85. The van der Waals surface area contributed by atoms with E-state index < -0.39 is 0 Å². The molecule has 0 heterocycles. The molecule has 18 heavy (non-hydrogen) atoms. The van der Waals surface area contributed by atoms with Crippen molar-refractivity contribution in [2.75, 3.05) is 6.54 Å². The van der Waals surface area contributed by atoms with E-state index in [0.717, 1.165) is 6.42 Å². The molecule has 1 rings (SSSR count). The molecule has 1 amide bonds. The molecule has 0 spiro atoms. The van der Waals surface area contributed by atoms with Crippen molar-refractivity contribution in [3.8, 4) is 0 Å². The zero-order valence-corrected chi connectivity index (χ0v) is 12.5. The maximum Gasteiger partial charge on any atom is 0.232 e. The number of nitrogens with one attached hydrogen (secondary N) is 1. The van der Waals surface area contributed by atoms with E-state index in [0.29, 0.717) is 11.8 Å². The van der Waals surface area contributed by atoms with Crippen LogP contribution in [0.3, 0.4) is 0 Å². The number of benzene rings is 1. The van der Waals surface area contributed by atoms with Crippen LogP contribution in [0.2, 0.25) is 0 Å². The lowest BCUT2D eigenvalue weighted by Gasteiger charge is -2.14. The summed E-state index contributed by atoms with van der Waals surface area (Å²) in [6.45, 7) is 9.01. The Balaban J connectivity index is 2.34. The normalized spacial score (nSPS) is 12.5. The lowest BCUT2D eigenvalue weighted by atomic mass is 10.1. The van der Waals surface area contributed by atoms with Gasteiger partial charge < -0.3 is 5.32 Å². The van der Waals surface area contributed by atoms with Gasteiger partial charge in [-0.15, -0.1) is 11.8 Å². The molecule has 0 aliphatic heterocycles. The van der Waals surface area contributed by atoms with E-state index in [1.807, 2.05) is 19.1 Å². The van der Waals surface area contributed by atoms with Gasteiger partial charge >= 0.3 is 0 Å². The van der Waals surface area contributed by atoms with Crippen LogP contribution in [0.5, 0.6) is 0 Å². The van der Waals surface area contributed by atoms with Crippen LogP contribution in [0.4, 0.5) is 0 Å². The number of carbonyl (C=O) groups is 1. The molecule has 1 aromatic carbocycles. The standard InChI is InChI=1S/C15H23NOS/c1-11(2)18-13(4)15(17)16-10-9-14-8-6-5-7-12(14)3/h5-8,11,13H,9-10H2,1-4H3,(H,16,17)/t13-/m1/s1. The molecule has 0 fully saturated rings. The molecule has 1 aromatic rings. The quantitative estimate of drug-likeness (QED) is 0.856. The Bertz CT molecular complexity index is 390. The minimum Gasteiger partial charge on any atom is -0.355 e. The first-order chi connectivity index (χ1) is 8.50. The summed E-state index contributed by atoms with van der Waals surface area (Å²) in [6.07, 6.45) is 0.900. The highest BCUT2D eigenvalue weighted by molar-refractivity contribution is 8.01. The molecular weight excluding hydrogens is 242 g/mol. The fraction of sp³-hybridized carbons (Fsp3) is 0.533. The molecule has 0 bridgehead atoms. The average Bonchev–Trinajstić information content (AvgIpc) is 2.30. The zero-order valence-electron chi connectivity index (χ0n) is 11.7. The van der Waals surface area contributed by atoms with Gasteiger partial charge in [0.05, 0.1) is 5.25 Å². The van der Waals surface area contributed by atoms with Crippen molar-refractivity contribution in [1.29, 1.82) is 0 Å². The third kappa shape index (κ3) is 5.13. The number of rotatable bonds is 6. The van der Waals surface area contributed by atoms with E-state index in [2.05, 4.69) is 38.2 Å². The first-order valence-corrected chi connectivity index (χ1v) is 7.42. The molecule has 1 atom stereocenters. The van der Waals surface area contributed by atoms with Gasteiger partial charge in [0, 0.05) is 6.54 Å². The van der Waals surface area contributed by atoms with Crippen molar-refractivity contribution in [1.82, 2.24) is 5.32 Å². The Morgan fingerprint density at radius 2 is 1.94 bits per heavy atom. The van der Waals surface area contributed by atoms with Crippen LogP contribution in [-0.4, -0.2) is 23.0 Å². The molecular formula is C15H23NOS. The second-order valence-corrected chi connectivity index (χ2v) is 6.72. The Kier molecular flexibility index (Phi) is 6.27. The minimum atomic E-state index is 0.0295. The first kappa shape index (κ1) is 15.1. The molecule has 3 heteroatoms. The minimum absolute atomic E-state index is 0.0295. The molecule has 0 unspecified atom stereocenters. The number of thioether (sulfide) groups is 1. The maximum absolute atomic E-state index is 11.8. The van der Waals surface area contributed by atoms with Gasteiger partial charge in [0.1, 0.15) is 0 Å². The molecule has 0 aliphatic rings. The molecule has 0 aromatic heterocycles. The molecule has 0 saturated heterocycles. The van der Waals surface area contributed by atoms with E-state index in [9.17, 15) is 4.79 Å². The van der Waals surface area contributed by atoms with Crippen molar-refractivity contribution in [2.45, 2.75) is 44.6 Å². The number of carbonyl (C=O) groups excluding carboxylic acids is 1. The van der Waals surface area contributed by atoms with Crippen LogP contribution in [0, 0.1) is 6.92 Å². The van der Waals surface area contributed by atoms with Gasteiger partial charge in [-0.3, -0.25) is 4.79 Å². The summed E-state index contributed by atoms with van der Waals surface area (Å²) in [7, 11) is 0. The van der Waals surface area contributed by atoms with Gasteiger partial charge in [0.25, 0.3) is 0 Å². The largest absolute Gasteiger partial charge is 0.355 e.